The van der Waals surface area contributed by atoms with E-state index in [4.69, 9.17) is 10.00 Å². The second kappa shape index (κ2) is 6.54. The van der Waals surface area contributed by atoms with Crippen LogP contribution in [0.3, 0.4) is 0 Å². The van der Waals surface area contributed by atoms with E-state index in [2.05, 4.69) is 15.5 Å². The molecule has 1 aromatic heterocycles. The zero-order chi connectivity index (χ0) is 16.1. The van der Waals surface area contributed by atoms with Crippen molar-refractivity contribution in [3.05, 3.63) is 65.9 Å². The number of fused-ring (bicyclic) bond motifs is 1. The van der Waals surface area contributed by atoms with Gasteiger partial charge in [0.1, 0.15) is 12.7 Å². The van der Waals surface area contributed by atoms with E-state index in [-0.39, 0.29) is 12.3 Å². The molecular weight excluding hydrogens is 292 g/mol. The summed E-state index contributed by atoms with van der Waals surface area (Å²) in [4.78, 5) is 12.0. The van der Waals surface area contributed by atoms with Crippen LogP contribution in [-0.2, 0) is 11.3 Å². The molecule has 23 heavy (non-hydrogen) atoms. The number of hydrogen-bond acceptors (Lipinski definition) is 5. The highest BCUT2D eigenvalue weighted by Crippen LogP contribution is 2.23. The normalized spacial score (nSPS) is 10.0. The number of rotatable bonds is 3. The van der Waals surface area contributed by atoms with Gasteiger partial charge in [-0.05, 0) is 11.6 Å². The molecule has 6 nitrogen and oxygen atoms in total. The van der Waals surface area contributed by atoms with Crippen LogP contribution in [0, 0.1) is 11.3 Å². The highest BCUT2D eigenvalue weighted by atomic mass is 16.5. The molecule has 0 aliphatic heterocycles. The molecule has 0 unspecified atom stereocenters. The van der Waals surface area contributed by atoms with Gasteiger partial charge in [-0.1, -0.05) is 48.5 Å². The van der Waals surface area contributed by atoms with Gasteiger partial charge in [0.05, 0.1) is 11.2 Å². The quantitative estimate of drug-likeness (QED) is 0.802. The Labute approximate surface area is 132 Å². The van der Waals surface area contributed by atoms with Crippen molar-refractivity contribution in [2.24, 2.45) is 0 Å². The molecule has 0 fully saturated rings. The molecule has 0 saturated heterocycles. The van der Waals surface area contributed by atoms with Gasteiger partial charge in [-0.3, -0.25) is 5.32 Å². The topological polar surface area (TPSA) is 87.9 Å². The Kier molecular flexibility index (Phi) is 4.11. The van der Waals surface area contributed by atoms with Crippen LogP contribution in [0.2, 0.25) is 0 Å². The lowest BCUT2D eigenvalue weighted by Crippen LogP contribution is -2.15. The van der Waals surface area contributed by atoms with Gasteiger partial charge in [-0.15, -0.1) is 10.2 Å². The monoisotopic (exact) mass is 304 g/mol. The maximum Gasteiger partial charge on any atom is 0.412 e. The van der Waals surface area contributed by atoms with Crippen LogP contribution in [0.25, 0.3) is 10.9 Å². The smallest absolute Gasteiger partial charge is 0.412 e. The van der Waals surface area contributed by atoms with Crippen LogP contribution in [-0.4, -0.2) is 16.3 Å². The predicted molar refractivity (Wildman–Crippen MR) is 84.5 cm³/mol. The van der Waals surface area contributed by atoms with Crippen molar-refractivity contribution in [3.8, 4) is 6.07 Å². The first-order chi connectivity index (χ1) is 11.3. The Hall–Kier alpha value is -3.46. The maximum atomic E-state index is 12.0. The van der Waals surface area contributed by atoms with Gasteiger partial charge in [0.25, 0.3) is 0 Å². The van der Waals surface area contributed by atoms with Gasteiger partial charge in [0.15, 0.2) is 5.69 Å². The van der Waals surface area contributed by atoms with Crippen molar-refractivity contribution in [2.45, 2.75) is 6.61 Å². The van der Waals surface area contributed by atoms with Crippen molar-refractivity contribution in [1.82, 2.24) is 10.2 Å². The number of nitriles is 1. The number of benzene rings is 2. The molecule has 0 aliphatic carbocycles. The first-order valence-electron chi connectivity index (χ1n) is 6.91. The molecule has 0 radical (unpaired) electrons. The molecular formula is C17H12N4O2. The minimum Gasteiger partial charge on any atom is -0.444 e. The van der Waals surface area contributed by atoms with E-state index < -0.39 is 6.09 Å². The summed E-state index contributed by atoms with van der Waals surface area (Å²) in [5.74, 6) is 0. The van der Waals surface area contributed by atoms with E-state index in [0.29, 0.717) is 16.6 Å². The summed E-state index contributed by atoms with van der Waals surface area (Å²) in [5.41, 5.74) is 1.81. The van der Waals surface area contributed by atoms with E-state index in [1.54, 1.807) is 24.3 Å². The zero-order valence-electron chi connectivity index (χ0n) is 12.1. The molecule has 0 saturated carbocycles. The van der Waals surface area contributed by atoms with Crippen molar-refractivity contribution in [1.29, 1.82) is 5.26 Å². The SMILES string of the molecule is N#Cc1nnc2ccccc2c1NC(=O)OCc1ccccc1. The molecule has 6 heteroatoms. The minimum absolute atomic E-state index is 0.0420. The molecule has 112 valence electrons. The van der Waals surface area contributed by atoms with Crippen LogP contribution >= 0.6 is 0 Å². The van der Waals surface area contributed by atoms with Crippen molar-refractivity contribution >= 4 is 22.7 Å². The molecule has 1 amide bonds. The highest BCUT2D eigenvalue weighted by molar-refractivity contribution is 6.00. The van der Waals surface area contributed by atoms with Crippen LogP contribution in [0.5, 0.6) is 0 Å². The summed E-state index contributed by atoms with van der Waals surface area (Å²) < 4.78 is 5.17. The fraction of sp³-hybridized carbons (Fsp3) is 0.0588. The Morgan fingerprint density at radius 3 is 2.61 bits per heavy atom. The van der Waals surface area contributed by atoms with Gasteiger partial charge >= 0.3 is 6.09 Å². The molecule has 0 spiro atoms. The summed E-state index contributed by atoms with van der Waals surface area (Å²) in [5, 5.41) is 20.1. The Balaban J connectivity index is 1.80. The number of hydrogen-bond donors (Lipinski definition) is 1. The number of nitrogens with zero attached hydrogens (tertiary/aromatic N) is 3. The minimum atomic E-state index is -0.650. The summed E-state index contributed by atoms with van der Waals surface area (Å²) in [6.07, 6.45) is -0.650. The van der Waals surface area contributed by atoms with Crippen LogP contribution in [0.4, 0.5) is 10.5 Å². The average molecular weight is 304 g/mol. The van der Waals surface area contributed by atoms with Crippen molar-refractivity contribution in [2.75, 3.05) is 5.32 Å². The van der Waals surface area contributed by atoms with E-state index in [0.717, 1.165) is 5.56 Å². The second-order valence-electron chi connectivity index (χ2n) is 4.74. The van der Waals surface area contributed by atoms with E-state index in [1.165, 1.54) is 0 Å². The van der Waals surface area contributed by atoms with Crippen LogP contribution in [0.15, 0.2) is 54.6 Å². The summed E-state index contributed by atoms with van der Waals surface area (Å²) >= 11 is 0. The lowest BCUT2D eigenvalue weighted by atomic mass is 10.2. The van der Waals surface area contributed by atoms with Crippen LogP contribution < -0.4 is 5.32 Å². The number of amides is 1. The number of nitrogens with one attached hydrogen (secondary N) is 1. The number of carbonyl (C=O) groups is 1. The standard InChI is InChI=1S/C17H12N4O2/c18-10-15-16(13-8-4-5-9-14(13)20-21-15)19-17(22)23-11-12-6-2-1-3-7-12/h1-9H,11H2,(H,19,20,22). The third kappa shape index (κ3) is 3.24. The number of carbonyl (C=O) groups excluding carboxylic acids is 1. The maximum absolute atomic E-state index is 12.0. The highest BCUT2D eigenvalue weighted by Gasteiger charge is 2.14. The molecule has 0 atom stereocenters. The Morgan fingerprint density at radius 2 is 1.83 bits per heavy atom. The molecule has 3 rings (SSSR count). The first kappa shape index (κ1) is 14.5. The first-order valence-corrected chi connectivity index (χ1v) is 6.91. The largest absolute Gasteiger partial charge is 0.444 e. The lowest BCUT2D eigenvalue weighted by Gasteiger charge is -2.10. The molecule has 1 N–H and O–H groups in total. The van der Waals surface area contributed by atoms with Gasteiger partial charge in [-0.25, -0.2) is 4.79 Å². The fourth-order valence-corrected chi connectivity index (χ4v) is 2.12. The van der Waals surface area contributed by atoms with Crippen molar-refractivity contribution in [3.63, 3.8) is 0 Å². The number of ether oxygens (including phenoxy) is 1. The van der Waals surface area contributed by atoms with E-state index in [9.17, 15) is 4.79 Å². The number of anilines is 1. The molecule has 1 heterocycles. The van der Waals surface area contributed by atoms with Gasteiger partial charge in [-0.2, -0.15) is 5.26 Å². The fourth-order valence-electron chi connectivity index (χ4n) is 2.12. The molecule has 0 aliphatic rings. The Bertz CT molecular complexity index is 888. The van der Waals surface area contributed by atoms with E-state index in [1.807, 2.05) is 36.4 Å². The third-order valence-electron chi connectivity index (χ3n) is 3.21. The lowest BCUT2D eigenvalue weighted by molar-refractivity contribution is 0.155. The van der Waals surface area contributed by atoms with Gasteiger partial charge in [0, 0.05) is 5.39 Å². The summed E-state index contributed by atoms with van der Waals surface area (Å²) in [7, 11) is 0. The molecule has 2 aromatic carbocycles. The molecule has 3 aromatic rings. The van der Waals surface area contributed by atoms with Crippen molar-refractivity contribution < 1.29 is 9.53 Å². The summed E-state index contributed by atoms with van der Waals surface area (Å²) in [6.45, 7) is 0.144. The van der Waals surface area contributed by atoms with Crippen LogP contribution in [0.1, 0.15) is 11.3 Å². The predicted octanol–water partition coefficient (Wildman–Crippen LogP) is 3.25. The second-order valence-corrected chi connectivity index (χ2v) is 4.74. The third-order valence-corrected chi connectivity index (χ3v) is 3.21. The van der Waals surface area contributed by atoms with E-state index >= 15 is 0 Å². The zero-order valence-corrected chi connectivity index (χ0v) is 12.1. The van der Waals surface area contributed by atoms with Gasteiger partial charge in [0.2, 0.25) is 0 Å². The molecule has 0 bridgehead atoms. The van der Waals surface area contributed by atoms with Gasteiger partial charge < -0.3 is 4.74 Å². The number of aromatic nitrogens is 2. The summed E-state index contributed by atoms with van der Waals surface area (Å²) in [6, 6.07) is 18.4. The average Bonchev–Trinajstić information content (AvgIpc) is 2.61. The Morgan fingerprint density at radius 1 is 1.09 bits per heavy atom.